The molecule has 0 spiro atoms. The molecule has 1 aromatic heterocycles. The lowest BCUT2D eigenvalue weighted by Crippen LogP contribution is -2.44. The van der Waals surface area contributed by atoms with Gasteiger partial charge in [0.05, 0.1) is 12.2 Å². The summed E-state index contributed by atoms with van der Waals surface area (Å²) in [5.74, 6) is -0.515. The third-order valence-corrected chi connectivity index (χ3v) is 2.79. The van der Waals surface area contributed by atoms with E-state index in [-0.39, 0.29) is 11.8 Å². The van der Waals surface area contributed by atoms with Crippen molar-refractivity contribution in [2.75, 3.05) is 0 Å². The van der Waals surface area contributed by atoms with Gasteiger partial charge in [0, 0.05) is 11.8 Å². The fourth-order valence-electron chi connectivity index (χ4n) is 1.65. The number of nitrogens with zero attached hydrogens (tertiary/aromatic N) is 1. The summed E-state index contributed by atoms with van der Waals surface area (Å²) in [5.41, 5.74) is 1.33. The Kier molecular flexibility index (Phi) is 4.49. The van der Waals surface area contributed by atoms with E-state index >= 15 is 0 Å². The predicted molar refractivity (Wildman–Crippen MR) is 73.8 cm³/mol. The van der Waals surface area contributed by atoms with Crippen molar-refractivity contribution in [2.24, 2.45) is 0 Å². The van der Waals surface area contributed by atoms with Gasteiger partial charge in [0.1, 0.15) is 6.04 Å². The van der Waals surface area contributed by atoms with Crippen LogP contribution in [0.2, 0.25) is 0 Å². The van der Waals surface area contributed by atoms with Crippen LogP contribution >= 0.6 is 0 Å². The van der Waals surface area contributed by atoms with Crippen molar-refractivity contribution >= 4 is 11.8 Å². The highest BCUT2D eigenvalue weighted by molar-refractivity contribution is 5.97. The summed E-state index contributed by atoms with van der Waals surface area (Å²) >= 11 is 0. The maximum atomic E-state index is 11.9. The maximum Gasteiger partial charge on any atom is 0.251 e. The van der Waals surface area contributed by atoms with Crippen LogP contribution in [0.3, 0.4) is 0 Å². The smallest absolute Gasteiger partial charge is 0.251 e. The Balaban J connectivity index is 1.83. The van der Waals surface area contributed by atoms with Gasteiger partial charge in [-0.3, -0.25) is 14.7 Å². The molecule has 1 unspecified atom stereocenters. The van der Waals surface area contributed by atoms with Gasteiger partial charge in [-0.2, -0.15) is 5.10 Å². The van der Waals surface area contributed by atoms with Crippen LogP contribution in [-0.2, 0) is 11.3 Å². The number of nitrogens with one attached hydrogen (secondary N) is 3. The molecule has 0 saturated heterocycles. The quantitative estimate of drug-likeness (QED) is 0.754. The van der Waals surface area contributed by atoms with E-state index in [1.807, 2.05) is 6.07 Å². The molecule has 1 aromatic carbocycles. The molecule has 6 heteroatoms. The van der Waals surface area contributed by atoms with Gasteiger partial charge in [-0.05, 0) is 25.1 Å². The normalized spacial score (nSPS) is 11.7. The molecule has 1 heterocycles. The Hall–Kier alpha value is -2.63. The number of aromatic amines is 1. The Morgan fingerprint density at radius 3 is 2.65 bits per heavy atom. The predicted octanol–water partition coefficient (Wildman–Crippen LogP) is 0.844. The molecule has 0 radical (unpaired) electrons. The molecule has 0 aliphatic heterocycles. The standard InChI is InChI=1S/C14H16N4O2/c1-10(13(19)15-9-12-7-8-16-18-12)17-14(20)11-5-3-2-4-6-11/h2-8,10H,9H2,1H3,(H,15,19)(H,16,18)(H,17,20). The topological polar surface area (TPSA) is 86.9 Å². The third-order valence-electron chi connectivity index (χ3n) is 2.79. The molecule has 0 aliphatic rings. The van der Waals surface area contributed by atoms with Gasteiger partial charge < -0.3 is 10.6 Å². The minimum atomic E-state index is -0.606. The number of carbonyl (C=O) groups excluding carboxylic acids is 2. The Labute approximate surface area is 116 Å². The number of H-pyrrole nitrogens is 1. The van der Waals surface area contributed by atoms with Gasteiger partial charge in [-0.1, -0.05) is 18.2 Å². The Morgan fingerprint density at radius 1 is 1.25 bits per heavy atom. The van der Waals surface area contributed by atoms with Gasteiger partial charge in [0.2, 0.25) is 5.91 Å². The van der Waals surface area contributed by atoms with Gasteiger partial charge in [0.25, 0.3) is 5.91 Å². The van der Waals surface area contributed by atoms with E-state index in [0.29, 0.717) is 12.1 Å². The molecule has 20 heavy (non-hydrogen) atoms. The van der Waals surface area contributed by atoms with Crippen molar-refractivity contribution in [2.45, 2.75) is 19.5 Å². The zero-order valence-electron chi connectivity index (χ0n) is 11.1. The number of rotatable bonds is 5. The average molecular weight is 272 g/mol. The van der Waals surface area contributed by atoms with Crippen molar-refractivity contribution in [1.82, 2.24) is 20.8 Å². The van der Waals surface area contributed by atoms with Gasteiger partial charge in [0.15, 0.2) is 0 Å². The van der Waals surface area contributed by atoms with Crippen LogP contribution in [0, 0.1) is 0 Å². The fourth-order valence-corrected chi connectivity index (χ4v) is 1.65. The van der Waals surface area contributed by atoms with Crippen LogP contribution < -0.4 is 10.6 Å². The summed E-state index contributed by atoms with van der Waals surface area (Å²) < 4.78 is 0. The first kappa shape index (κ1) is 13.8. The summed E-state index contributed by atoms with van der Waals surface area (Å²) in [7, 11) is 0. The fraction of sp³-hybridized carbons (Fsp3) is 0.214. The lowest BCUT2D eigenvalue weighted by molar-refractivity contribution is -0.122. The minimum absolute atomic E-state index is 0.246. The van der Waals surface area contributed by atoms with Crippen LogP contribution in [0.1, 0.15) is 23.0 Å². The summed E-state index contributed by atoms with van der Waals surface area (Å²) in [5, 5.41) is 11.9. The van der Waals surface area contributed by atoms with Crippen molar-refractivity contribution in [3.63, 3.8) is 0 Å². The first-order valence-electron chi connectivity index (χ1n) is 6.28. The highest BCUT2D eigenvalue weighted by atomic mass is 16.2. The number of carbonyl (C=O) groups is 2. The molecule has 2 amide bonds. The molecule has 2 rings (SSSR count). The molecular weight excluding hydrogens is 256 g/mol. The SMILES string of the molecule is CC(NC(=O)c1ccccc1)C(=O)NCc1ccn[nH]1. The molecule has 104 valence electrons. The van der Waals surface area contributed by atoms with E-state index in [0.717, 1.165) is 5.69 Å². The van der Waals surface area contributed by atoms with Crippen molar-refractivity contribution in [1.29, 1.82) is 0 Å². The number of aromatic nitrogens is 2. The molecule has 0 saturated carbocycles. The number of benzene rings is 1. The second kappa shape index (κ2) is 6.51. The summed E-state index contributed by atoms with van der Waals surface area (Å²) in [6, 6.07) is 9.95. The van der Waals surface area contributed by atoms with E-state index in [2.05, 4.69) is 20.8 Å². The minimum Gasteiger partial charge on any atom is -0.349 e. The van der Waals surface area contributed by atoms with Crippen LogP contribution in [-0.4, -0.2) is 28.1 Å². The largest absolute Gasteiger partial charge is 0.349 e. The molecule has 6 nitrogen and oxygen atoms in total. The molecule has 2 aromatic rings. The lowest BCUT2D eigenvalue weighted by Gasteiger charge is -2.13. The molecule has 0 aliphatic carbocycles. The van der Waals surface area contributed by atoms with E-state index in [1.165, 1.54) is 0 Å². The Bertz CT molecular complexity index is 566. The van der Waals surface area contributed by atoms with Crippen LogP contribution in [0.5, 0.6) is 0 Å². The van der Waals surface area contributed by atoms with Crippen molar-refractivity contribution in [3.8, 4) is 0 Å². The summed E-state index contributed by atoms with van der Waals surface area (Å²) in [4.78, 5) is 23.7. The Morgan fingerprint density at radius 2 is 2.00 bits per heavy atom. The van der Waals surface area contributed by atoms with Crippen LogP contribution in [0.15, 0.2) is 42.6 Å². The molecular formula is C14H16N4O2. The highest BCUT2D eigenvalue weighted by Gasteiger charge is 2.16. The molecule has 0 bridgehead atoms. The van der Waals surface area contributed by atoms with E-state index in [1.54, 1.807) is 43.5 Å². The second-order valence-corrected chi connectivity index (χ2v) is 4.36. The monoisotopic (exact) mass is 272 g/mol. The van der Waals surface area contributed by atoms with E-state index in [4.69, 9.17) is 0 Å². The van der Waals surface area contributed by atoms with Crippen molar-refractivity contribution < 1.29 is 9.59 Å². The molecule has 3 N–H and O–H groups in total. The van der Waals surface area contributed by atoms with Crippen LogP contribution in [0.25, 0.3) is 0 Å². The van der Waals surface area contributed by atoms with Gasteiger partial charge in [-0.25, -0.2) is 0 Å². The maximum absolute atomic E-state index is 11.9. The third kappa shape index (κ3) is 3.68. The summed E-state index contributed by atoms with van der Waals surface area (Å²) in [6.07, 6.45) is 1.61. The first-order valence-corrected chi connectivity index (χ1v) is 6.28. The second-order valence-electron chi connectivity index (χ2n) is 4.36. The number of hydrogen-bond acceptors (Lipinski definition) is 3. The average Bonchev–Trinajstić information content (AvgIpc) is 2.98. The molecule has 0 fully saturated rings. The van der Waals surface area contributed by atoms with Crippen LogP contribution in [0.4, 0.5) is 0 Å². The number of amides is 2. The first-order chi connectivity index (χ1) is 9.66. The number of hydrogen-bond donors (Lipinski definition) is 3. The van der Waals surface area contributed by atoms with E-state index in [9.17, 15) is 9.59 Å². The highest BCUT2D eigenvalue weighted by Crippen LogP contribution is 1.99. The van der Waals surface area contributed by atoms with E-state index < -0.39 is 6.04 Å². The van der Waals surface area contributed by atoms with Gasteiger partial charge >= 0.3 is 0 Å². The van der Waals surface area contributed by atoms with Gasteiger partial charge in [-0.15, -0.1) is 0 Å². The molecule has 1 atom stereocenters. The van der Waals surface area contributed by atoms with Crippen molar-refractivity contribution in [3.05, 3.63) is 53.9 Å². The lowest BCUT2D eigenvalue weighted by atomic mass is 10.2. The zero-order chi connectivity index (χ0) is 14.4. The zero-order valence-corrected chi connectivity index (χ0v) is 11.1. The summed E-state index contributed by atoms with van der Waals surface area (Å²) in [6.45, 7) is 1.99.